The number of nitrogens with two attached hydrogens (primary N) is 1. The Labute approximate surface area is 121 Å². The van der Waals surface area contributed by atoms with Crippen molar-refractivity contribution in [1.29, 1.82) is 0 Å². The molecule has 0 aliphatic rings. The third-order valence-corrected chi connectivity index (χ3v) is 3.01. The van der Waals surface area contributed by atoms with Gasteiger partial charge in [0.2, 0.25) is 0 Å². The molecule has 0 saturated heterocycles. The van der Waals surface area contributed by atoms with Crippen LogP contribution in [-0.4, -0.2) is 10.9 Å². The lowest BCUT2D eigenvalue weighted by molar-refractivity contribution is 0.0948. The number of aromatic nitrogens is 1. The van der Waals surface area contributed by atoms with Gasteiger partial charge in [0.05, 0.1) is 5.52 Å². The molecule has 5 heteroatoms. The summed E-state index contributed by atoms with van der Waals surface area (Å²) in [5.41, 5.74) is 2.96. The van der Waals surface area contributed by atoms with E-state index >= 15 is 0 Å². The summed E-state index contributed by atoms with van der Waals surface area (Å²) < 4.78 is 5.87. The maximum absolute atomic E-state index is 11.7. The molecule has 3 N–H and O–H groups in total. The summed E-state index contributed by atoms with van der Waals surface area (Å²) in [6, 6.07) is 18.4. The maximum atomic E-state index is 11.7. The van der Waals surface area contributed by atoms with E-state index in [0.717, 1.165) is 5.39 Å². The van der Waals surface area contributed by atoms with E-state index in [1.807, 2.05) is 54.6 Å². The smallest absolute Gasteiger partial charge is 0.283 e. The summed E-state index contributed by atoms with van der Waals surface area (Å²) in [5.74, 6) is 5.96. The van der Waals surface area contributed by atoms with Crippen molar-refractivity contribution in [2.75, 3.05) is 0 Å². The molecular formula is C16H13N3O2. The molecule has 104 valence electrons. The number of ether oxygens (including phenoxy) is 1. The number of benzene rings is 2. The van der Waals surface area contributed by atoms with Crippen molar-refractivity contribution in [3.63, 3.8) is 0 Å². The van der Waals surface area contributed by atoms with Gasteiger partial charge in [0.15, 0.2) is 0 Å². The van der Waals surface area contributed by atoms with Crippen LogP contribution >= 0.6 is 0 Å². The Morgan fingerprint density at radius 2 is 1.76 bits per heavy atom. The largest absolute Gasteiger partial charge is 0.457 e. The molecule has 0 saturated carbocycles. The van der Waals surface area contributed by atoms with Crippen LogP contribution in [0.3, 0.4) is 0 Å². The summed E-state index contributed by atoms with van der Waals surface area (Å²) in [5, 5.41) is 0.829. The Morgan fingerprint density at radius 1 is 1.05 bits per heavy atom. The van der Waals surface area contributed by atoms with Crippen molar-refractivity contribution in [3.05, 3.63) is 66.4 Å². The number of nitrogens with one attached hydrogen (secondary N) is 1. The van der Waals surface area contributed by atoms with Crippen LogP contribution in [0.5, 0.6) is 11.5 Å². The zero-order valence-corrected chi connectivity index (χ0v) is 11.1. The molecule has 3 rings (SSSR count). The molecule has 0 fully saturated rings. The van der Waals surface area contributed by atoms with E-state index in [0.29, 0.717) is 17.0 Å². The number of carbonyl (C=O) groups is 1. The van der Waals surface area contributed by atoms with E-state index in [1.165, 1.54) is 0 Å². The molecule has 2 aromatic carbocycles. The zero-order chi connectivity index (χ0) is 14.7. The number of amides is 1. The molecule has 5 nitrogen and oxygen atoms in total. The van der Waals surface area contributed by atoms with Crippen molar-refractivity contribution >= 4 is 16.8 Å². The van der Waals surface area contributed by atoms with Gasteiger partial charge in [-0.15, -0.1) is 0 Å². The molecule has 0 aliphatic carbocycles. The average molecular weight is 279 g/mol. The normalized spacial score (nSPS) is 10.3. The van der Waals surface area contributed by atoms with Crippen LogP contribution in [0, 0.1) is 0 Å². The second kappa shape index (κ2) is 5.60. The first-order valence-electron chi connectivity index (χ1n) is 6.41. The van der Waals surface area contributed by atoms with Crippen LogP contribution in [0.4, 0.5) is 0 Å². The number of carbonyl (C=O) groups excluding carboxylic acids is 1. The fourth-order valence-electron chi connectivity index (χ4n) is 2.03. The van der Waals surface area contributed by atoms with Crippen molar-refractivity contribution in [2.24, 2.45) is 5.84 Å². The Hall–Kier alpha value is -2.92. The summed E-state index contributed by atoms with van der Waals surface area (Å²) in [6.45, 7) is 0. The van der Waals surface area contributed by atoms with E-state index in [9.17, 15) is 4.79 Å². The van der Waals surface area contributed by atoms with Gasteiger partial charge >= 0.3 is 0 Å². The van der Waals surface area contributed by atoms with Gasteiger partial charge in [-0.25, -0.2) is 10.8 Å². The molecule has 0 aliphatic heterocycles. The second-order valence-electron chi connectivity index (χ2n) is 4.41. The molecular weight excluding hydrogens is 266 g/mol. The zero-order valence-electron chi connectivity index (χ0n) is 11.1. The van der Waals surface area contributed by atoms with E-state index in [2.05, 4.69) is 10.4 Å². The lowest BCUT2D eigenvalue weighted by atomic mass is 10.1. The van der Waals surface area contributed by atoms with Crippen molar-refractivity contribution in [1.82, 2.24) is 10.4 Å². The second-order valence-corrected chi connectivity index (χ2v) is 4.41. The van der Waals surface area contributed by atoms with Gasteiger partial charge in [-0.1, -0.05) is 30.3 Å². The number of nitrogen functional groups attached to an aromatic ring is 1. The van der Waals surface area contributed by atoms with Gasteiger partial charge in [-0.3, -0.25) is 10.2 Å². The van der Waals surface area contributed by atoms with Crippen LogP contribution in [0.15, 0.2) is 60.7 Å². The SMILES string of the molecule is NNC(=O)c1cc(Oc2ccccc2)c2ccccc2n1. The first kappa shape index (κ1) is 13.1. The highest BCUT2D eigenvalue weighted by molar-refractivity contribution is 5.96. The molecule has 3 aromatic rings. The number of rotatable bonds is 3. The van der Waals surface area contributed by atoms with Crippen LogP contribution in [0.1, 0.15) is 10.5 Å². The lowest BCUT2D eigenvalue weighted by Crippen LogP contribution is -2.30. The number of pyridine rings is 1. The summed E-state index contributed by atoms with van der Waals surface area (Å²) >= 11 is 0. The monoisotopic (exact) mass is 279 g/mol. The number of nitrogens with zero attached hydrogens (tertiary/aromatic N) is 1. The first-order chi connectivity index (χ1) is 10.3. The molecule has 0 unspecified atom stereocenters. The summed E-state index contributed by atoms with van der Waals surface area (Å²) in [7, 11) is 0. The van der Waals surface area contributed by atoms with E-state index in [-0.39, 0.29) is 5.69 Å². The van der Waals surface area contributed by atoms with Crippen molar-refractivity contribution in [2.45, 2.75) is 0 Å². The van der Waals surface area contributed by atoms with Gasteiger partial charge < -0.3 is 4.74 Å². The topological polar surface area (TPSA) is 77.2 Å². The Morgan fingerprint density at radius 3 is 2.52 bits per heavy atom. The molecule has 0 bridgehead atoms. The number of fused-ring (bicyclic) bond motifs is 1. The van der Waals surface area contributed by atoms with Crippen LogP contribution < -0.4 is 16.0 Å². The van der Waals surface area contributed by atoms with Crippen LogP contribution in [0.25, 0.3) is 10.9 Å². The van der Waals surface area contributed by atoms with Crippen LogP contribution in [-0.2, 0) is 0 Å². The standard InChI is InChI=1S/C16H13N3O2/c17-19-16(20)14-10-15(21-11-6-2-1-3-7-11)12-8-4-5-9-13(12)18-14/h1-10H,17H2,(H,19,20). The van der Waals surface area contributed by atoms with E-state index in [4.69, 9.17) is 10.6 Å². The Bertz CT molecular complexity index is 788. The van der Waals surface area contributed by atoms with Crippen molar-refractivity contribution in [3.8, 4) is 11.5 Å². The summed E-state index contributed by atoms with van der Waals surface area (Å²) in [6.07, 6.45) is 0. The van der Waals surface area contributed by atoms with E-state index in [1.54, 1.807) is 6.07 Å². The highest BCUT2D eigenvalue weighted by Gasteiger charge is 2.12. The Kier molecular flexibility index (Phi) is 3.49. The molecule has 0 spiro atoms. The van der Waals surface area contributed by atoms with Gasteiger partial charge in [0.25, 0.3) is 5.91 Å². The predicted octanol–water partition coefficient (Wildman–Crippen LogP) is 2.63. The quantitative estimate of drug-likeness (QED) is 0.439. The number of hydrazine groups is 1. The van der Waals surface area contributed by atoms with E-state index < -0.39 is 5.91 Å². The third-order valence-electron chi connectivity index (χ3n) is 3.01. The number of hydrogen-bond donors (Lipinski definition) is 2. The maximum Gasteiger partial charge on any atom is 0.283 e. The summed E-state index contributed by atoms with van der Waals surface area (Å²) in [4.78, 5) is 16.0. The van der Waals surface area contributed by atoms with Gasteiger partial charge in [-0.2, -0.15) is 0 Å². The Balaban J connectivity index is 2.12. The molecule has 0 radical (unpaired) electrons. The minimum atomic E-state index is -0.460. The molecule has 1 amide bonds. The van der Waals surface area contributed by atoms with Crippen molar-refractivity contribution < 1.29 is 9.53 Å². The fourth-order valence-corrected chi connectivity index (χ4v) is 2.03. The van der Waals surface area contributed by atoms with Gasteiger partial charge in [0.1, 0.15) is 17.2 Å². The molecule has 21 heavy (non-hydrogen) atoms. The van der Waals surface area contributed by atoms with Crippen LogP contribution in [0.2, 0.25) is 0 Å². The molecule has 0 atom stereocenters. The average Bonchev–Trinajstić information content (AvgIpc) is 2.55. The highest BCUT2D eigenvalue weighted by atomic mass is 16.5. The number of hydrogen-bond acceptors (Lipinski definition) is 4. The predicted molar refractivity (Wildman–Crippen MR) is 79.9 cm³/mol. The van der Waals surface area contributed by atoms with Gasteiger partial charge in [0, 0.05) is 11.5 Å². The fraction of sp³-hybridized carbons (Fsp3) is 0. The third kappa shape index (κ3) is 2.68. The minimum absolute atomic E-state index is 0.210. The molecule has 1 aromatic heterocycles. The first-order valence-corrected chi connectivity index (χ1v) is 6.41. The minimum Gasteiger partial charge on any atom is -0.457 e. The lowest BCUT2D eigenvalue weighted by Gasteiger charge is -2.10. The highest BCUT2D eigenvalue weighted by Crippen LogP contribution is 2.29. The number of para-hydroxylation sites is 2. The molecule has 1 heterocycles. The van der Waals surface area contributed by atoms with Gasteiger partial charge in [-0.05, 0) is 24.3 Å².